The van der Waals surface area contributed by atoms with Crippen molar-refractivity contribution in [2.24, 2.45) is 0 Å². The number of benzene rings is 1. The van der Waals surface area contributed by atoms with Gasteiger partial charge in [0, 0.05) is 23.5 Å². The lowest BCUT2D eigenvalue weighted by atomic mass is 10.1. The number of hydrogen-bond donors (Lipinski definition) is 1. The van der Waals surface area contributed by atoms with E-state index < -0.39 is 6.10 Å². The van der Waals surface area contributed by atoms with Gasteiger partial charge in [-0.3, -0.25) is 4.98 Å². The highest BCUT2D eigenvalue weighted by atomic mass is 19.1. The zero-order chi connectivity index (χ0) is 13.0. The van der Waals surface area contributed by atoms with E-state index in [-0.39, 0.29) is 5.82 Å². The smallest absolute Gasteiger partial charge is 0.125 e. The Labute approximate surface area is 105 Å². The van der Waals surface area contributed by atoms with Crippen molar-refractivity contribution in [1.29, 1.82) is 0 Å². The van der Waals surface area contributed by atoms with Crippen LogP contribution in [0.3, 0.4) is 0 Å². The van der Waals surface area contributed by atoms with Crippen LogP contribution in [0.15, 0.2) is 42.7 Å². The van der Waals surface area contributed by atoms with Gasteiger partial charge < -0.3 is 9.84 Å². The Bertz CT molecular complexity index is 514. The van der Waals surface area contributed by atoms with Crippen LogP contribution < -0.4 is 4.74 Å². The Morgan fingerprint density at radius 3 is 2.89 bits per heavy atom. The second-order valence-corrected chi connectivity index (χ2v) is 4.01. The van der Waals surface area contributed by atoms with Gasteiger partial charge in [-0.25, -0.2) is 4.39 Å². The summed E-state index contributed by atoms with van der Waals surface area (Å²) in [5.74, 6) is 0.0925. The van der Waals surface area contributed by atoms with Gasteiger partial charge >= 0.3 is 0 Å². The van der Waals surface area contributed by atoms with E-state index in [1.54, 1.807) is 19.3 Å². The van der Waals surface area contributed by atoms with Crippen molar-refractivity contribution in [2.75, 3.05) is 0 Å². The molecule has 18 heavy (non-hydrogen) atoms. The van der Waals surface area contributed by atoms with Crippen LogP contribution in [0.4, 0.5) is 4.39 Å². The van der Waals surface area contributed by atoms with Crippen molar-refractivity contribution in [1.82, 2.24) is 4.98 Å². The average Bonchev–Trinajstić information content (AvgIpc) is 2.38. The van der Waals surface area contributed by atoms with Crippen LogP contribution in [0.5, 0.6) is 5.75 Å². The van der Waals surface area contributed by atoms with E-state index in [0.717, 1.165) is 5.56 Å². The maximum atomic E-state index is 13.1. The molecule has 2 aromatic rings. The molecule has 94 valence electrons. The largest absolute Gasteiger partial charge is 0.488 e. The molecular weight excluding hydrogens is 233 g/mol. The second-order valence-electron chi connectivity index (χ2n) is 4.01. The van der Waals surface area contributed by atoms with Crippen LogP contribution in [-0.4, -0.2) is 10.1 Å². The van der Waals surface area contributed by atoms with Crippen LogP contribution >= 0.6 is 0 Å². The SMILES string of the molecule is C[C@@H](O)c1cc(F)ccc1OCc1cccnc1. The minimum atomic E-state index is -0.774. The van der Waals surface area contributed by atoms with Crippen molar-refractivity contribution in [2.45, 2.75) is 19.6 Å². The normalized spacial score (nSPS) is 12.2. The zero-order valence-electron chi connectivity index (χ0n) is 10.0. The van der Waals surface area contributed by atoms with E-state index in [4.69, 9.17) is 4.74 Å². The Balaban J connectivity index is 2.14. The topological polar surface area (TPSA) is 42.4 Å². The minimum absolute atomic E-state index is 0.333. The number of hydrogen-bond acceptors (Lipinski definition) is 3. The van der Waals surface area contributed by atoms with E-state index in [1.165, 1.54) is 18.2 Å². The lowest BCUT2D eigenvalue weighted by Gasteiger charge is -2.13. The quantitative estimate of drug-likeness (QED) is 0.903. The molecule has 0 aliphatic heterocycles. The molecule has 0 aliphatic carbocycles. The highest BCUT2D eigenvalue weighted by Crippen LogP contribution is 2.26. The summed E-state index contributed by atoms with van der Waals surface area (Å²) in [6.45, 7) is 1.91. The Morgan fingerprint density at radius 1 is 1.39 bits per heavy atom. The van der Waals surface area contributed by atoms with E-state index in [2.05, 4.69) is 4.98 Å². The minimum Gasteiger partial charge on any atom is -0.488 e. The number of nitrogens with zero attached hydrogens (tertiary/aromatic N) is 1. The van der Waals surface area contributed by atoms with Crippen molar-refractivity contribution in [3.8, 4) is 5.75 Å². The lowest BCUT2D eigenvalue weighted by molar-refractivity contribution is 0.189. The predicted octanol–water partition coefficient (Wildman–Crippen LogP) is 2.85. The molecule has 2 rings (SSSR count). The van der Waals surface area contributed by atoms with Gasteiger partial charge in [0.05, 0.1) is 6.10 Å². The average molecular weight is 247 g/mol. The van der Waals surface area contributed by atoms with Crippen molar-refractivity contribution >= 4 is 0 Å². The Kier molecular flexibility index (Phi) is 3.89. The zero-order valence-corrected chi connectivity index (χ0v) is 10.0. The van der Waals surface area contributed by atoms with Crippen LogP contribution in [0, 0.1) is 5.82 Å². The van der Waals surface area contributed by atoms with Crippen LogP contribution in [0.2, 0.25) is 0 Å². The first-order valence-electron chi connectivity index (χ1n) is 5.66. The summed E-state index contributed by atoms with van der Waals surface area (Å²) in [5, 5.41) is 9.57. The number of aromatic nitrogens is 1. The first-order valence-corrected chi connectivity index (χ1v) is 5.66. The first-order chi connectivity index (χ1) is 8.66. The van der Waals surface area contributed by atoms with E-state index in [9.17, 15) is 9.50 Å². The fraction of sp³-hybridized carbons (Fsp3) is 0.214. The molecule has 0 unspecified atom stereocenters. The third-order valence-corrected chi connectivity index (χ3v) is 2.54. The molecule has 1 heterocycles. The number of ether oxygens (including phenoxy) is 1. The summed E-state index contributed by atoms with van der Waals surface area (Å²) in [4.78, 5) is 3.98. The second kappa shape index (κ2) is 5.60. The van der Waals surface area contributed by atoms with Gasteiger partial charge in [0.1, 0.15) is 18.2 Å². The highest BCUT2D eigenvalue weighted by molar-refractivity contribution is 5.35. The number of rotatable bonds is 4. The van der Waals surface area contributed by atoms with Crippen LogP contribution in [-0.2, 0) is 6.61 Å². The summed E-state index contributed by atoms with van der Waals surface area (Å²) < 4.78 is 18.7. The van der Waals surface area contributed by atoms with Crippen molar-refractivity contribution in [3.63, 3.8) is 0 Å². The van der Waals surface area contributed by atoms with E-state index in [0.29, 0.717) is 17.9 Å². The van der Waals surface area contributed by atoms with Crippen molar-refractivity contribution in [3.05, 3.63) is 59.7 Å². The fourth-order valence-corrected chi connectivity index (χ4v) is 1.62. The first kappa shape index (κ1) is 12.5. The van der Waals surface area contributed by atoms with Gasteiger partial charge in [0.2, 0.25) is 0 Å². The molecule has 1 N–H and O–H groups in total. The number of pyridine rings is 1. The molecule has 0 bridgehead atoms. The molecule has 3 nitrogen and oxygen atoms in total. The summed E-state index contributed by atoms with van der Waals surface area (Å²) in [5.41, 5.74) is 1.36. The molecule has 4 heteroatoms. The van der Waals surface area contributed by atoms with Gasteiger partial charge in [0.25, 0.3) is 0 Å². The van der Waals surface area contributed by atoms with Crippen LogP contribution in [0.25, 0.3) is 0 Å². The van der Waals surface area contributed by atoms with E-state index >= 15 is 0 Å². The van der Waals surface area contributed by atoms with Gasteiger partial charge in [0.15, 0.2) is 0 Å². The molecule has 0 amide bonds. The van der Waals surface area contributed by atoms with E-state index in [1.807, 2.05) is 12.1 Å². The molecule has 0 radical (unpaired) electrons. The van der Waals surface area contributed by atoms with Gasteiger partial charge in [-0.1, -0.05) is 6.07 Å². The molecule has 1 aromatic carbocycles. The standard InChI is InChI=1S/C14H14FNO2/c1-10(17)13-7-12(15)4-5-14(13)18-9-11-3-2-6-16-8-11/h2-8,10,17H,9H2,1H3/t10-/m1/s1. The molecule has 0 spiro atoms. The molecular formula is C14H14FNO2. The summed E-state index contributed by atoms with van der Waals surface area (Å²) in [6.07, 6.45) is 2.61. The monoisotopic (exact) mass is 247 g/mol. The summed E-state index contributed by atoms with van der Waals surface area (Å²) in [6, 6.07) is 7.82. The summed E-state index contributed by atoms with van der Waals surface area (Å²) in [7, 11) is 0. The predicted molar refractivity (Wildman–Crippen MR) is 65.6 cm³/mol. The van der Waals surface area contributed by atoms with Gasteiger partial charge in [-0.05, 0) is 31.2 Å². The van der Waals surface area contributed by atoms with Gasteiger partial charge in [-0.2, -0.15) is 0 Å². The number of aliphatic hydroxyl groups excluding tert-OH is 1. The number of aliphatic hydroxyl groups is 1. The molecule has 1 aromatic heterocycles. The van der Waals surface area contributed by atoms with Crippen LogP contribution in [0.1, 0.15) is 24.2 Å². The third-order valence-electron chi connectivity index (χ3n) is 2.54. The maximum Gasteiger partial charge on any atom is 0.125 e. The molecule has 0 fully saturated rings. The maximum absolute atomic E-state index is 13.1. The summed E-state index contributed by atoms with van der Waals surface area (Å²) >= 11 is 0. The Morgan fingerprint density at radius 2 is 2.22 bits per heavy atom. The molecule has 0 saturated heterocycles. The lowest BCUT2D eigenvalue weighted by Crippen LogP contribution is -2.01. The molecule has 0 aliphatic rings. The molecule has 1 atom stereocenters. The van der Waals surface area contributed by atoms with Gasteiger partial charge in [-0.15, -0.1) is 0 Å². The molecule has 0 saturated carbocycles. The fourth-order valence-electron chi connectivity index (χ4n) is 1.62. The highest BCUT2D eigenvalue weighted by Gasteiger charge is 2.10. The number of halogens is 1. The third kappa shape index (κ3) is 3.05. The Hall–Kier alpha value is -1.94. The van der Waals surface area contributed by atoms with Crippen molar-refractivity contribution < 1.29 is 14.2 Å².